The van der Waals surface area contributed by atoms with Crippen molar-refractivity contribution in [1.29, 1.82) is 0 Å². The van der Waals surface area contributed by atoms with Crippen LogP contribution in [0.15, 0.2) is 0 Å². The molecule has 1 aliphatic carbocycles. The summed E-state index contributed by atoms with van der Waals surface area (Å²) < 4.78 is 0. The smallest absolute Gasteiger partial charge is 0.0247 e. The summed E-state index contributed by atoms with van der Waals surface area (Å²) in [5, 5.41) is 0. The van der Waals surface area contributed by atoms with E-state index in [0.717, 1.165) is 0 Å². The monoisotopic (exact) mass is 196 g/mol. The number of hydrogen-bond donors (Lipinski definition) is 1. The molecule has 2 rings (SSSR count). The van der Waals surface area contributed by atoms with Crippen LogP contribution in [0.5, 0.6) is 0 Å². The Bertz CT molecular complexity index is 200. The fourth-order valence-corrected chi connectivity index (χ4v) is 3.03. The average Bonchev–Trinajstić information content (AvgIpc) is 2.47. The summed E-state index contributed by atoms with van der Waals surface area (Å²) in [7, 11) is 0. The molecule has 2 fully saturated rings. The van der Waals surface area contributed by atoms with Crippen molar-refractivity contribution in [2.24, 2.45) is 11.1 Å². The van der Waals surface area contributed by atoms with Gasteiger partial charge in [-0.15, -0.1) is 0 Å². The summed E-state index contributed by atoms with van der Waals surface area (Å²) in [6.45, 7) is 7.28. The molecule has 2 atom stereocenters. The third-order valence-electron chi connectivity index (χ3n) is 3.96. The van der Waals surface area contributed by atoms with Gasteiger partial charge < -0.3 is 5.73 Å². The van der Waals surface area contributed by atoms with Crippen LogP contribution in [0, 0.1) is 5.41 Å². The first-order valence-corrected chi connectivity index (χ1v) is 6.08. The van der Waals surface area contributed by atoms with Gasteiger partial charge in [0.2, 0.25) is 0 Å². The zero-order valence-electron chi connectivity index (χ0n) is 9.63. The molecule has 1 heterocycles. The Hall–Kier alpha value is -0.0800. The summed E-state index contributed by atoms with van der Waals surface area (Å²) in [5.74, 6) is 0. The second-order valence-electron chi connectivity index (χ2n) is 5.90. The molecule has 2 N–H and O–H groups in total. The molecule has 0 radical (unpaired) electrons. The van der Waals surface area contributed by atoms with E-state index in [9.17, 15) is 0 Å². The van der Waals surface area contributed by atoms with E-state index >= 15 is 0 Å². The second-order valence-corrected chi connectivity index (χ2v) is 5.90. The van der Waals surface area contributed by atoms with Crippen molar-refractivity contribution < 1.29 is 0 Å². The van der Waals surface area contributed by atoms with Gasteiger partial charge >= 0.3 is 0 Å². The van der Waals surface area contributed by atoms with Gasteiger partial charge in [0.1, 0.15) is 0 Å². The van der Waals surface area contributed by atoms with Crippen LogP contribution < -0.4 is 5.73 Å². The zero-order valence-corrected chi connectivity index (χ0v) is 9.63. The van der Waals surface area contributed by atoms with Gasteiger partial charge in [-0.1, -0.05) is 26.7 Å². The Morgan fingerprint density at radius 2 is 1.93 bits per heavy atom. The average molecular weight is 196 g/mol. The number of rotatable bonds is 1. The molecule has 0 bridgehead atoms. The molecule has 0 amide bonds. The largest absolute Gasteiger partial charge is 0.326 e. The lowest BCUT2D eigenvalue weighted by molar-refractivity contribution is 0.154. The van der Waals surface area contributed by atoms with Crippen molar-refractivity contribution in [1.82, 2.24) is 4.90 Å². The van der Waals surface area contributed by atoms with Gasteiger partial charge in [0.25, 0.3) is 0 Å². The summed E-state index contributed by atoms with van der Waals surface area (Å²) in [4.78, 5) is 2.64. The van der Waals surface area contributed by atoms with Crippen molar-refractivity contribution in [2.75, 3.05) is 13.1 Å². The van der Waals surface area contributed by atoms with Crippen LogP contribution in [0.25, 0.3) is 0 Å². The topological polar surface area (TPSA) is 29.3 Å². The minimum Gasteiger partial charge on any atom is -0.326 e. The third kappa shape index (κ3) is 2.12. The quantitative estimate of drug-likeness (QED) is 0.695. The van der Waals surface area contributed by atoms with Gasteiger partial charge in [-0.2, -0.15) is 0 Å². The first kappa shape index (κ1) is 10.4. The molecule has 1 aliphatic heterocycles. The van der Waals surface area contributed by atoms with Gasteiger partial charge in [-0.25, -0.2) is 0 Å². The van der Waals surface area contributed by atoms with Crippen LogP contribution in [-0.4, -0.2) is 30.1 Å². The molecule has 2 heteroatoms. The Balaban J connectivity index is 1.95. The fourth-order valence-electron chi connectivity index (χ4n) is 3.03. The Labute approximate surface area is 87.8 Å². The predicted molar refractivity (Wildman–Crippen MR) is 60.2 cm³/mol. The lowest BCUT2D eigenvalue weighted by Crippen LogP contribution is -2.49. The minimum atomic E-state index is 0.442. The van der Waals surface area contributed by atoms with Crippen molar-refractivity contribution in [3.8, 4) is 0 Å². The lowest BCUT2D eigenvalue weighted by atomic mass is 9.89. The van der Waals surface area contributed by atoms with E-state index in [1.54, 1.807) is 0 Å². The summed E-state index contributed by atoms with van der Waals surface area (Å²) >= 11 is 0. The molecule has 0 aromatic heterocycles. The van der Waals surface area contributed by atoms with Crippen LogP contribution in [0.3, 0.4) is 0 Å². The third-order valence-corrected chi connectivity index (χ3v) is 3.96. The molecule has 2 nitrogen and oxygen atoms in total. The van der Waals surface area contributed by atoms with E-state index in [1.165, 1.54) is 45.2 Å². The minimum absolute atomic E-state index is 0.442. The molecule has 82 valence electrons. The lowest BCUT2D eigenvalue weighted by Gasteiger charge is -2.36. The molecule has 0 aromatic rings. The highest BCUT2D eigenvalue weighted by Gasteiger charge is 2.36. The van der Waals surface area contributed by atoms with Gasteiger partial charge in [0.15, 0.2) is 0 Å². The SMILES string of the molecule is CC1(C)CCN(C2CCCCC2N)C1. The van der Waals surface area contributed by atoms with E-state index in [0.29, 0.717) is 17.5 Å². The van der Waals surface area contributed by atoms with Crippen molar-refractivity contribution in [3.63, 3.8) is 0 Å². The van der Waals surface area contributed by atoms with Crippen molar-refractivity contribution in [3.05, 3.63) is 0 Å². The Kier molecular flexibility index (Phi) is 2.85. The maximum Gasteiger partial charge on any atom is 0.0247 e. The summed E-state index contributed by atoms with van der Waals surface area (Å²) in [5.41, 5.74) is 6.73. The molecule has 1 saturated heterocycles. The first-order valence-electron chi connectivity index (χ1n) is 6.08. The Morgan fingerprint density at radius 3 is 2.50 bits per heavy atom. The highest BCUT2D eigenvalue weighted by Crippen LogP contribution is 2.33. The number of hydrogen-bond acceptors (Lipinski definition) is 2. The first-order chi connectivity index (χ1) is 6.58. The standard InChI is InChI=1S/C12H24N2/c1-12(2)7-8-14(9-12)11-6-4-3-5-10(11)13/h10-11H,3-9,13H2,1-2H3. The number of likely N-dealkylation sites (tertiary alicyclic amines) is 1. The molecular weight excluding hydrogens is 172 g/mol. The Morgan fingerprint density at radius 1 is 1.21 bits per heavy atom. The van der Waals surface area contributed by atoms with Crippen molar-refractivity contribution in [2.45, 2.75) is 58.0 Å². The van der Waals surface area contributed by atoms with E-state index < -0.39 is 0 Å². The van der Waals surface area contributed by atoms with Gasteiger partial charge in [0, 0.05) is 18.6 Å². The van der Waals surface area contributed by atoms with Gasteiger partial charge in [-0.3, -0.25) is 4.90 Å². The van der Waals surface area contributed by atoms with Gasteiger partial charge in [0.05, 0.1) is 0 Å². The van der Waals surface area contributed by atoms with Crippen LogP contribution in [0.4, 0.5) is 0 Å². The molecule has 2 aliphatic rings. The fraction of sp³-hybridized carbons (Fsp3) is 1.00. The predicted octanol–water partition coefficient (Wildman–Crippen LogP) is 1.99. The number of nitrogens with two attached hydrogens (primary N) is 1. The molecule has 0 aromatic carbocycles. The van der Waals surface area contributed by atoms with E-state index in [1.807, 2.05) is 0 Å². The van der Waals surface area contributed by atoms with Crippen molar-refractivity contribution >= 4 is 0 Å². The van der Waals surface area contributed by atoms with Gasteiger partial charge in [-0.05, 0) is 31.2 Å². The highest BCUT2D eigenvalue weighted by atomic mass is 15.2. The maximum atomic E-state index is 6.21. The van der Waals surface area contributed by atoms with Crippen LogP contribution in [0.1, 0.15) is 46.0 Å². The summed E-state index contributed by atoms with van der Waals surface area (Å²) in [6.07, 6.45) is 6.64. The van der Waals surface area contributed by atoms with E-state index in [2.05, 4.69) is 18.7 Å². The molecule has 1 saturated carbocycles. The van der Waals surface area contributed by atoms with Crippen LogP contribution in [-0.2, 0) is 0 Å². The molecular formula is C12H24N2. The van der Waals surface area contributed by atoms with E-state index in [-0.39, 0.29) is 0 Å². The molecule has 2 unspecified atom stereocenters. The molecule has 14 heavy (non-hydrogen) atoms. The number of nitrogens with zero attached hydrogens (tertiary/aromatic N) is 1. The normalized spacial score (nSPS) is 38.8. The highest BCUT2D eigenvalue weighted by molar-refractivity contribution is 4.92. The van der Waals surface area contributed by atoms with Crippen LogP contribution >= 0.6 is 0 Å². The van der Waals surface area contributed by atoms with E-state index in [4.69, 9.17) is 5.73 Å². The zero-order chi connectivity index (χ0) is 10.2. The molecule has 0 spiro atoms. The van der Waals surface area contributed by atoms with Crippen LogP contribution in [0.2, 0.25) is 0 Å². The second kappa shape index (κ2) is 3.82. The summed E-state index contributed by atoms with van der Waals surface area (Å²) in [6, 6.07) is 1.13. The maximum absolute atomic E-state index is 6.21.